The van der Waals surface area contributed by atoms with Crippen LogP contribution in [-0.2, 0) is 10.0 Å². The number of thiazole rings is 1. The largest absolute Gasteiger partial charge is 0.496 e. The van der Waals surface area contributed by atoms with Crippen molar-refractivity contribution in [1.82, 2.24) is 9.71 Å². The van der Waals surface area contributed by atoms with Gasteiger partial charge in [0.1, 0.15) is 9.96 Å². The fourth-order valence-electron chi connectivity index (χ4n) is 1.92. The van der Waals surface area contributed by atoms with Crippen molar-refractivity contribution in [3.05, 3.63) is 32.7 Å². The molecule has 12 heteroatoms. The highest BCUT2D eigenvalue weighted by molar-refractivity contribution is 9.11. The molecule has 0 saturated heterocycles. The molecule has 25 heavy (non-hydrogen) atoms. The average Bonchev–Trinajstić information content (AvgIpc) is 3.14. The summed E-state index contributed by atoms with van der Waals surface area (Å²) in [6.45, 7) is 0. The summed E-state index contributed by atoms with van der Waals surface area (Å²) < 4.78 is 34.2. The molecule has 0 radical (unpaired) electrons. The summed E-state index contributed by atoms with van der Waals surface area (Å²) in [5.41, 5.74) is 0. The van der Waals surface area contributed by atoms with E-state index in [1.807, 2.05) is 4.72 Å². The third kappa shape index (κ3) is 3.97. The second-order valence-electron chi connectivity index (χ2n) is 4.59. The number of rotatable bonds is 4. The number of ether oxygens (including phenoxy) is 1. The van der Waals surface area contributed by atoms with E-state index in [9.17, 15) is 13.2 Å². The van der Waals surface area contributed by atoms with Gasteiger partial charge in [0.15, 0.2) is 5.13 Å². The zero-order valence-electron chi connectivity index (χ0n) is 12.4. The molecule has 1 aromatic carbocycles. The van der Waals surface area contributed by atoms with Crippen LogP contribution >= 0.6 is 54.5 Å². The number of amides is 2. The molecule has 2 amide bonds. The molecule has 0 bridgehead atoms. The topological polar surface area (TPSA) is 97.4 Å². The first kappa shape index (κ1) is 18.6. The van der Waals surface area contributed by atoms with E-state index in [4.69, 9.17) is 4.74 Å². The Morgan fingerprint density at radius 2 is 2.04 bits per heavy atom. The highest BCUT2D eigenvalue weighted by Crippen LogP contribution is 2.39. The summed E-state index contributed by atoms with van der Waals surface area (Å²) in [5, 5.41) is 3.38. The SMILES string of the molecule is COc1ccc2cc(S(=O)(=O)NC(=O)Nc3ncc(Br)s3)sc2c1Br. The molecule has 2 N–H and O–H groups in total. The van der Waals surface area contributed by atoms with Gasteiger partial charge in [-0.3, -0.25) is 5.32 Å². The van der Waals surface area contributed by atoms with Crippen LogP contribution in [0.25, 0.3) is 10.1 Å². The first-order chi connectivity index (χ1) is 11.8. The number of sulfonamides is 1. The lowest BCUT2D eigenvalue weighted by Gasteiger charge is -2.04. The fraction of sp³-hybridized carbons (Fsp3) is 0.0769. The van der Waals surface area contributed by atoms with Crippen molar-refractivity contribution in [2.75, 3.05) is 12.4 Å². The fourth-order valence-corrected chi connectivity index (χ4v) is 6.11. The normalized spacial score (nSPS) is 11.5. The lowest BCUT2D eigenvalue weighted by Crippen LogP contribution is -2.33. The quantitative estimate of drug-likeness (QED) is 0.525. The van der Waals surface area contributed by atoms with Crippen molar-refractivity contribution in [3.63, 3.8) is 0 Å². The first-order valence-electron chi connectivity index (χ1n) is 6.51. The highest BCUT2D eigenvalue weighted by Gasteiger charge is 2.22. The molecule has 0 saturated carbocycles. The minimum atomic E-state index is -4.01. The van der Waals surface area contributed by atoms with Crippen molar-refractivity contribution in [1.29, 1.82) is 0 Å². The molecule has 132 valence electrons. The summed E-state index contributed by atoms with van der Waals surface area (Å²) in [4.78, 5) is 15.8. The van der Waals surface area contributed by atoms with Crippen molar-refractivity contribution >= 4 is 85.8 Å². The maximum absolute atomic E-state index is 12.4. The van der Waals surface area contributed by atoms with E-state index in [-0.39, 0.29) is 9.34 Å². The Bertz CT molecular complexity index is 1060. The lowest BCUT2D eigenvalue weighted by molar-refractivity contribution is 0.256. The second-order valence-corrected chi connectivity index (χ2v) is 10.8. The molecule has 0 spiro atoms. The monoisotopic (exact) mass is 525 g/mol. The minimum absolute atomic E-state index is 0.0203. The van der Waals surface area contributed by atoms with Crippen LogP contribution in [0.3, 0.4) is 0 Å². The molecular weight excluding hydrogens is 518 g/mol. The smallest absolute Gasteiger partial charge is 0.334 e. The lowest BCUT2D eigenvalue weighted by atomic mass is 10.2. The molecule has 0 aliphatic rings. The van der Waals surface area contributed by atoms with E-state index >= 15 is 0 Å². The van der Waals surface area contributed by atoms with Gasteiger partial charge in [-0.25, -0.2) is 22.9 Å². The summed E-state index contributed by atoms with van der Waals surface area (Å²) in [7, 11) is -2.48. The van der Waals surface area contributed by atoms with Crippen molar-refractivity contribution < 1.29 is 17.9 Å². The van der Waals surface area contributed by atoms with E-state index in [0.29, 0.717) is 18.7 Å². The van der Waals surface area contributed by atoms with Crippen LogP contribution in [0, 0.1) is 0 Å². The molecule has 2 heterocycles. The zero-order chi connectivity index (χ0) is 18.2. The van der Waals surface area contributed by atoms with E-state index in [1.165, 1.54) is 30.7 Å². The third-order valence-corrected chi connectivity index (χ3v) is 8.39. The molecule has 7 nitrogen and oxygen atoms in total. The Morgan fingerprint density at radius 3 is 2.68 bits per heavy atom. The number of benzene rings is 1. The number of methoxy groups -OCH3 is 1. The molecule has 3 aromatic rings. The van der Waals surface area contributed by atoms with Gasteiger partial charge in [-0.05, 0) is 55.4 Å². The van der Waals surface area contributed by atoms with Gasteiger partial charge in [-0.1, -0.05) is 11.3 Å². The standard InChI is InChI=1S/C13H9Br2N3O4S3/c1-22-7-3-2-6-4-9(24-11(6)10(7)15)25(20,21)18-12(19)17-13-16-5-8(14)23-13/h2-5H,1H3,(H2,16,17,18,19). The van der Waals surface area contributed by atoms with Gasteiger partial charge in [-0.2, -0.15) is 0 Å². The van der Waals surface area contributed by atoms with Crippen molar-refractivity contribution in [2.24, 2.45) is 0 Å². The van der Waals surface area contributed by atoms with E-state index in [1.54, 1.807) is 12.1 Å². The van der Waals surface area contributed by atoms with Crippen molar-refractivity contribution in [2.45, 2.75) is 4.21 Å². The van der Waals surface area contributed by atoms with Crippen LogP contribution in [0.5, 0.6) is 5.75 Å². The number of hydrogen-bond donors (Lipinski definition) is 2. The van der Waals surface area contributed by atoms with E-state index in [2.05, 4.69) is 42.2 Å². The van der Waals surface area contributed by atoms with Crippen LogP contribution in [0.4, 0.5) is 9.93 Å². The second kappa shape index (κ2) is 7.19. The predicted molar refractivity (Wildman–Crippen MR) is 105 cm³/mol. The van der Waals surface area contributed by atoms with Gasteiger partial charge in [0.25, 0.3) is 10.0 Å². The highest BCUT2D eigenvalue weighted by atomic mass is 79.9. The Labute approximate surface area is 167 Å². The van der Waals surface area contributed by atoms with Gasteiger partial charge in [-0.15, -0.1) is 11.3 Å². The Morgan fingerprint density at radius 1 is 1.28 bits per heavy atom. The number of thiophene rings is 1. The summed E-state index contributed by atoms with van der Waals surface area (Å²) in [6.07, 6.45) is 1.51. The molecule has 0 fully saturated rings. The predicted octanol–water partition coefficient (Wildman–Crippen LogP) is 4.40. The maximum Gasteiger partial charge on any atom is 0.334 e. The number of carbonyl (C=O) groups excluding carboxylic acids is 1. The van der Waals surface area contributed by atoms with Crippen LogP contribution in [0.15, 0.2) is 36.9 Å². The van der Waals surface area contributed by atoms with Crippen molar-refractivity contribution in [3.8, 4) is 5.75 Å². The van der Waals surface area contributed by atoms with Crippen LogP contribution in [0.1, 0.15) is 0 Å². The van der Waals surface area contributed by atoms with Crippen LogP contribution in [0.2, 0.25) is 0 Å². The number of hydrogen-bond acceptors (Lipinski definition) is 7. The van der Waals surface area contributed by atoms with Gasteiger partial charge < -0.3 is 4.74 Å². The molecule has 0 unspecified atom stereocenters. The minimum Gasteiger partial charge on any atom is -0.496 e. The molecule has 2 aromatic heterocycles. The van der Waals surface area contributed by atoms with Gasteiger partial charge in [0.05, 0.1) is 26.3 Å². The van der Waals surface area contributed by atoms with E-state index in [0.717, 1.165) is 16.7 Å². The third-order valence-electron chi connectivity index (χ3n) is 2.98. The number of carbonyl (C=O) groups is 1. The number of fused-ring (bicyclic) bond motifs is 1. The number of aromatic nitrogens is 1. The number of halogens is 2. The number of nitrogens with one attached hydrogen (secondary N) is 2. The summed E-state index contributed by atoms with van der Waals surface area (Å²) >= 11 is 8.81. The van der Waals surface area contributed by atoms with E-state index < -0.39 is 16.1 Å². The Kier molecular flexibility index (Phi) is 5.34. The van der Waals surface area contributed by atoms with Crippen LogP contribution < -0.4 is 14.8 Å². The number of urea groups is 1. The molecular formula is C13H9Br2N3O4S3. The van der Waals surface area contributed by atoms with Gasteiger partial charge >= 0.3 is 6.03 Å². The first-order valence-corrected chi connectivity index (χ1v) is 11.2. The maximum atomic E-state index is 12.4. The summed E-state index contributed by atoms with van der Waals surface area (Å²) in [6, 6.07) is 4.10. The number of nitrogens with zero attached hydrogens (tertiary/aromatic N) is 1. The molecule has 0 aliphatic heterocycles. The van der Waals surface area contributed by atoms with Gasteiger partial charge in [0.2, 0.25) is 0 Å². The average molecular weight is 527 g/mol. The van der Waals surface area contributed by atoms with Crippen LogP contribution in [-0.4, -0.2) is 26.5 Å². The molecule has 0 atom stereocenters. The molecule has 0 aliphatic carbocycles. The number of anilines is 1. The van der Waals surface area contributed by atoms with Gasteiger partial charge in [0, 0.05) is 0 Å². The summed E-state index contributed by atoms with van der Waals surface area (Å²) in [5.74, 6) is 0.596. The Balaban J connectivity index is 1.85. The Hall–Kier alpha value is -1.21. The molecule has 3 rings (SSSR count). The zero-order valence-corrected chi connectivity index (χ0v) is 18.0.